The Morgan fingerprint density at radius 2 is 0.652 bits per heavy atom. The van der Waals surface area contributed by atoms with E-state index in [0.717, 1.165) is 89.5 Å². The molecular weight excluding hydrogens is 1820 g/mol. The number of carboxylic acid groups (broad SMARTS) is 2. The Morgan fingerprint density at radius 3 is 0.993 bits per heavy atom. The summed E-state index contributed by atoms with van der Waals surface area (Å²) in [5, 5.41) is 152. The minimum absolute atomic E-state index is 0.0000912. The van der Waals surface area contributed by atoms with Crippen molar-refractivity contribution in [3.8, 4) is 0 Å². The quantitative estimate of drug-likeness (QED) is 0.0290. The fourth-order valence-electron chi connectivity index (χ4n) is 8.51. The molecule has 7 amide bonds. The fraction of sp³-hybridized carbons (Fsp3) is 0.818. The van der Waals surface area contributed by atoms with Crippen LogP contribution < -0.4 is 60.2 Å². The van der Waals surface area contributed by atoms with E-state index in [1.807, 2.05) is 48.5 Å². The largest absolute Gasteiger partial charge is 0.481 e. The van der Waals surface area contributed by atoms with Crippen molar-refractivity contribution in [2.45, 2.75) is 319 Å². The van der Waals surface area contributed by atoms with Crippen molar-refractivity contribution in [1.29, 1.82) is 0 Å². The lowest BCUT2D eigenvalue weighted by atomic mass is 9.97. The molecule has 0 saturated carbocycles. The second kappa shape index (κ2) is 109. The van der Waals surface area contributed by atoms with Crippen molar-refractivity contribution in [2.24, 2.45) is 28.9 Å². The maximum absolute atomic E-state index is 12.1. The maximum atomic E-state index is 12.1. The second-order valence-electron chi connectivity index (χ2n) is 28.9. The molecule has 0 heterocycles. The van der Waals surface area contributed by atoms with Gasteiger partial charge in [0.25, 0.3) is 17.7 Å². The summed E-state index contributed by atoms with van der Waals surface area (Å²) in [6.45, 7) is 37.4. The number of amides is 7. The molecule has 2 unspecified atom stereocenters. The molecule has 14 atom stereocenters. The average Bonchev–Trinajstić information content (AvgIpc) is 0.872. The smallest absolute Gasteiger partial charge is 0.321 e. The van der Waals surface area contributed by atoms with Gasteiger partial charge in [-0.25, -0.2) is 0 Å². The molecule has 47 heteroatoms. The minimum Gasteiger partial charge on any atom is -0.481 e. The van der Waals surface area contributed by atoms with E-state index in [9.17, 15) is 138 Å². The number of carbonyl (C=O) groups is 16. The molecule has 0 fully saturated rings. The number of carbonyl (C=O) groups excluding carboxylic acids is 14. The highest BCUT2D eigenvalue weighted by atomic mass is 32.2. The monoisotopic (exact) mass is 2000 g/mol. The van der Waals surface area contributed by atoms with E-state index in [1.54, 1.807) is 34.7 Å². The van der Waals surface area contributed by atoms with E-state index in [4.69, 9.17) is 52.1 Å². The number of hydrogen-bond donors (Lipinski definition) is 25. The van der Waals surface area contributed by atoms with Crippen LogP contribution in [0.25, 0.3) is 0 Å². The third-order valence-electron chi connectivity index (χ3n) is 16.4. The van der Waals surface area contributed by atoms with Crippen molar-refractivity contribution >= 4 is 117 Å². The molecule has 0 radical (unpaired) electrons. The number of nitrogens with two attached hydrogens (primary N) is 4. The number of ketones is 7. The third kappa shape index (κ3) is 106. The van der Waals surface area contributed by atoms with Crippen LogP contribution in [0, 0.1) is 5.92 Å². The first-order valence-electron chi connectivity index (χ1n) is 45.9. The zero-order chi connectivity index (χ0) is 107. The van der Waals surface area contributed by atoms with Crippen LogP contribution in [0.5, 0.6) is 0 Å². The lowest BCUT2D eigenvalue weighted by molar-refractivity contribution is -0.154. The highest BCUT2D eigenvalue weighted by Crippen LogP contribution is 2.16. The Balaban J connectivity index is -0.000000156. The Labute approximate surface area is 807 Å². The first kappa shape index (κ1) is 151. The number of aliphatic hydroxyl groups is 12. The van der Waals surface area contributed by atoms with Crippen LogP contribution in [-0.4, -0.2) is 386 Å². The van der Waals surface area contributed by atoms with Crippen molar-refractivity contribution in [2.75, 3.05) is 142 Å². The van der Waals surface area contributed by atoms with Crippen LogP contribution in [0.3, 0.4) is 0 Å². The molecule has 135 heavy (non-hydrogen) atoms. The van der Waals surface area contributed by atoms with Crippen molar-refractivity contribution < 1.29 is 167 Å². The van der Waals surface area contributed by atoms with Crippen LogP contribution in [0.1, 0.15) is 240 Å². The summed E-state index contributed by atoms with van der Waals surface area (Å²) in [6, 6.07) is -1.10. The van der Waals surface area contributed by atoms with E-state index in [-0.39, 0.29) is 137 Å². The summed E-state index contributed by atoms with van der Waals surface area (Å²) in [4.78, 5) is 176. The number of nitrogens with one attached hydrogen (secondary N) is 7. The Morgan fingerprint density at radius 1 is 0.326 bits per heavy atom. The summed E-state index contributed by atoms with van der Waals surface area (Å²) >= 11 is 2.22. The van der Waals surface area contributed by atoms with E-state index in [2.05, 4.69) is 58.0 Å². The first-order chi connectivity index (χ1) is 63.6. The van der Waals surface area contributed by atoms with Crippen molar-refractivity contribution in [1.82, 2.24) is 37.2 Å². The molecule has 0 aliphatic carbocycles. The van der Waals surface area contributed by atoms with Gasteiger partial charge in [-0.2, -0.15) is 11.8 Å². The standard InChI is InChI=1S/C24H41N3O12S2.C15H31N3O8.C12H24N2O6.C8H16O2.C7H15NO2.C6H12O.C5H11NO.C4H8O.C3H7NO.2C2H6/c1-2-13(23(36)37)9-40-10-14(28)5-3-8-27-22(35)21(34)20(33)19(32)18(31)16(29)6-4-7-26-17(30)12-41-11-15(25)24(38)39;16-3-7-25-6-1-2-10(19)11(20)12(21)13(22)14(23)15(24)18-5-9-26-8-4-17;1-2-3-4-7(15)8(16)9(17)10(18)11(19)12(20)14-6-5-13;1-3-6-10-7-4-5-8(2)9;1-3-5-10-6-4-8-7(2)9;1-3-4-5-6(2)7;1-3-4-6-5(2)7;1-3-4(2)5;1-3(5)4-2;2*1-2/h13,15,18-21,31-34H,2-12,25H2,1H3,(H,26,30)(H,27,35)(H,36,37)(H,38,39);11-14,20-23H,1-9,16-17H2,(H,18,24);8-11,16-19H,2-6,13H2,1H3,(H,14,20);3-7H2,1-2H3;3-6H2,1-2H3,(H,8,9);3-5H2,1-2H3;3-4H2,1-2H3,(H,6,7);3H2,1-2H3;1-2H3,(H,4,5);2*1-2H3/t13?,15?,18-,19+,20+,21-;11-,12+,13+,14-;8-,9+,10+,11-;;;;;;;;/m000......../s1. The molecule has 0 aromatic rings. The number of hydrogen-bond acceptors (Lipinski definition) is 38. The van der Waals surface area contributed by atoms with E-state index < -0.39 is 138 Å². The Kier molecular flexibility index (Phi) is 121. The molecule has 0 aromatic carbocycles. The van der Waals surface area contributed by atoms with Crippen LogP contribution in [0.4, 0.5) is 0 Å². The van der Waals surface area contributed by atoms with E-state index in [0.29, 0.717) is 83.1 Å². The number of thioether (sulfide) groups is 2. The molecular formula is C88H177N11O34S2. The predicted octanol–water partition coefficient (Wildman–Crippen LogP) is -2.12. The molecule has 0 aromatic heterocycles. The number of carboxylic acids is 2. The lowest BCUT2D eigenvalue weighted by Gasteiger charge is -2.25. The van der Waals surface area contributed by atoms with Gasteiger partial charge >= 0.3 is 11.9 Å². The average molecular weight is 2000 g/mol. The predicted molar refractivity (Wildman–Crippen MR) is 515 cm³/mol. The highest BCUT2D eigenvalue weighted by Gasteiger charge is 2.40. The molecule has 0 rings (SSSR count). The SMILES string of the molecule is CC.CC.CCC(C)=O.CCC(CSCC(=O)CCCNC(=O)[C@@H](O)[C@H](O)[C@H](O)[C@@H](O)C(=O)CCCNC(=O)CSCC(N)C(=O)O)C(=O)O.CCCCC(=O)[C@H](O)[C@@H](O)[C@@H](O)[C@H](O)C(=O)NCCN.CCCCC(C)=O.CCCNC(C)=O.CCCOCCCC(C)=O.CCCOCCNC(C)=O.CNC(C)=O.NCCOCCCC(=O)[C@H](O)[C@@H](O)[C@@H](O)[C@H](O)C(=O)NCCOCCN. The lowest BCUT2D eigenvalue weighted by Crippen LogP contribution is -2.53. The van der Waals surface area contributed by atoms with Gasteiger partial charge in [-0.1, -0.05) is 89.0 Å². The van der Waals surface area contributed by atoms with Crippen molar-refractivity contribution in [3.05, 3.63) is 0 Å². The van der Waals surface area contributed by atoms with E-state index >= 15 is 0 Å². The van der Waals surface area contributed by atoms with Gasteiger partial charge in [0.1, 0.15) is 84.1 Å². The normalized spacial score (nSPS) is 13.3. The third-order valence-corrected chi connectivity index (χ3v) is 18.6. The number of ether oxygens (including phenoxy) is 4. The number of aliphatic carboxylic acids is 2. The number of unbranched alkanes of at least 4 members (excludes halogenated alkanes) is 2. The fourth-order valence-corrected chi connectivity index (χ4v) is 10.5. The second-order valence-corrected chi connectivity index (χ2v) is 30.9. The van der Waals surface area contributed by atoms with Gasteiger partial charge in [0, 0.05) is 170 Å². The summed E-state index contributed by atoms with van der Waals surface area (Å²) in [5.41, 5.74) is 20.9. The maximum Gasteiger partial charge on any atom is 0.321 e. The van der Waals surface area contributed by atoms with Gasteiger partial charge in [0.05, 0.1) is 43.9 Å². The molecule has 0 aliphatic heterocycles. The summed E-state index contributed by atoms with van der Waals surface area (Å²) in [7, 11) is 1.60. The van der Waals surface area contributed by atoms with Crippen LogP contribution in [0.2, 0.25) is 0 Å². The topological polar surface area (TPSA) is 782 Å². The van der Waals surface area contributed by atoms with Crippen LogP contribution in [-0.2, 0) is 95.7 Å². The molecule has 0 spiro atoms. The van der Waals surface area contributed by atoms with Gasteiger partial charge in [-0.05, 0) is 85.0 Å². The summed E-state index contributed by atoms with van der Waals surface area (Å²) < 4.78 is 20.4. The molecule has 0 aliphatic rings. The highest BCUT2D eigenvalue weighted by molar-refractivity contribution is 8.00. The van der Waals surface area contributed by atoms with Crippen LogP contribution in [0.15, 0.2) is 0 Å². The van der Waals surface area contributed by atoms with E-state index in [1.165, 1.54) is 32.5 Å². The van der Waals surface area contributed by atoms with Gasteiger partial charge in [0.15, 0.2) is 35.7 Å². The van der Waals surface area contributed by atoms with Gasteiger partial charge in [-0.15, -0.1) is 11.8 Å². The Bertz CT molecular complexity index is 2880. The number of Topliss-reactive ketones (excluding diaryl/α,β-unsaturated/α-hetero) is 7. The summed E-state index contributed by atoms with van der Waals surface area (Å²) in [5.74, 6) is -7.22. The Hall–Kier alpha value is -7.18. The summed E-state index contributed by atoms with van der Waals surface area (Å²) in [6.07, 6.45) is -14.1. The molecule has 45 nitrogen and oxygen atoms in total. The van der Waals surface area contributed by atoms with Crippen LogP contribution >= 0.6 is 23.5 Å². The molecule has 0 saturated heterocycles. The number of aliphatic hydroxyl groups excluding tert-OH is 12. The molecule has 800 valence electrons. The zero-order valence-corrected chi connectivity index (χ0v) is 85.1. The van der Waals surface area contributed by atoms with Gasteiger partial charge in [0.2, 0.25) is 23.6 Å². The van der Waals surface area contributed by atoms with Crippen molar-refractivity contribution in [3.63, 3.8) is 0 Å². The number of rotatable bonds is 67. The zero-order valence-electron chi connectivity index (χ0n) is 83.4. The minimum atomic E-state index is -2.19. The van der Waals surface area contributed by atoms with Gasteiger partial charge < -0.3 is 165 Å². The first-order valence-corrected chi connectivity index (χ1v) is 48.2. The van der Waals surface area contributed by atoms with Gasteiger partial charge in [-0.3, -0.25) is 62.3 Å². The molecule has 29 N–H and O–H groups in total. The molecule has 0 bridgehead atoms.